The Morgan fingerprint density at radius 1 is 1.33 bits per heavy atom. The number of rotatable bonds is 5. The van der Waals surface area contributed by atoms with E-state index in [1.54, 1.807) is 0 Å². The molecule has 5 heteroatoms. The first-order chi connectivity index (χ1) is 8.26. The smallest absolute Gasteiger partial charge is 0.137 e. The van der Waals surface area contributed by atoms with Gasteiger partial charge in [0.15, 0.2) is 0 Å². The molecule has 1 rings (SSSR count). The molecule has 0 aliphatic carbocycles. The Kier molecular flexibility index (Phi) is 5.29. The van der Waals surface area contributed by atoms with Crippen LogP contribution >= 0.6 is 23.4 Å². The topological polar surface area (TPSA) is 37.8 Å². The van der Waals surface area contributed by atoms with Crippen LogP contribution in [0.5, 0.6) is 0 Å². The molecule has 3 nitrogen and oxygen atoms in total. The summed E-state index contributed by atoms with van der Waals surface area (Å²) in [5.41, 5.74) is 0.915. The van der Waals surface area contributed by atoms with Gasteiger partial charge in [0.1, 0.15) is 16.8 Å². The third-order valence-corrected chi connectivity index (χ3v) is 4.47. The molecule has 0 saturated heterocycles. The van der Waals surface area contributed by atoms with Crippen molar-refractivity contribution in [2.45, 2.75) is 45.3 Å². The summed E-state index contributed by atoms with van der Waals surface area (Å²) >= 11 is 7.98. The van der Waals surface area contributed by atoms with Crippen molar-refractivity contribution in [2.24, 2.45) is 0 Å². The van der Waals surface area contributed by atoms with Gasteiger partial charge in [-0.3, -0.25) is 0 Å². The van der Waals surface area contributed by atoms with E-state index in [1.807, 2.05) is 18.7 Å². The molecule has 0 radical (unpaired) electrons. The van der Waals surface area contributed by atoms with Gasteiger partial charge in [0.05, 0.1) is 0 Å². The zero-order chi connectivity index (χ0) is 13.9. The maximum absolute atomic E-state index is 6.15. The van der Waals surface area contributed by atoms with Gasteiger partial charge in [0, 0.05) is 22.8 Å². The van der Waals surface area contributed by atoms with E-state index in [2.05, 4.69) is 49.2 Å². The number of thioether (sulfide) groups is 1. The number of hydrogen-bond donors (Lipinski definition) is 1. The number of aromatic nitrogens is 2. The Labute approximate surface area is 119 Å². The van der Waals surface area contributed by atoms with Crippen molar-refractivity contribution in [3.8, 4) is 0 Å². The van der Waals surface area contributed by atoms with Crippen LogP contribution in [0.15, 0.2) is 0 Å². The van der Waals surface area contributed by atoms with Crippen molar-refractivity contribution in [1.82, 2.24) is 9.97 Å². The van der Waals surface area contributed by atoms with Gasteiger partial charge >= 0.3 is 0 Å². The SMILES string of the molecule is CSC(C)(C)CNc1nc(C(C)C)nc(Cl)c1C. The van der Waals surface area contributed by atoms with E-state index in [0.29, 0.717) is 5.15 Å². The van der Waals surface area contributed by atoms with Crippen molar-refractivity contribution in [2.75, 3.05) is 18.1 Å². The quantitative estimate of drug-likeness (QED) is 0.827. The lowest BCUT2D eigenvalue weighted by molar-refractivity contribution is 0.738. The molecule has 0 bridgehead atoms. The minimum atomic E-state index is 0.169. The van der Waals surface area contributed by atoms with E-state index < -0.39 is 0 Å². The monoisotopic (exact) mass is 287 g/mol. The van der Waals surface area contributed by atoms with Crippen molar-refractivity contribution in [3.05, 3.63) is 16.5 Å². The van der Waals surface area contributed by atoms with E-state index in [4.69, 9.17) is 11.6 Å². The second kappa shape index (κ2) is 6.11. The van der Waals surface area contributed by atoms with E-state index >= 15 is 0 Å². The van der Waals surface area contributed by atoms with Gasteiger partial charge in [-0.05, 0) is 27.0 Å². The van der Waals surface area contributed by atoms with Crippen molar-refractivity contribution < 1.29 is 0 Å². The van der Waals surface area contributed by atoms with E-state index in [9.17, 15) is 0 Å². The molecule has 102 valence electrons. The molecule has 1 aromatic rings. The number of nitrogens with zero attached hydrogens (tertiary/aromatic N) is 2. The van der Waals surface area contributed by atoms with Crippen LogP contribution in [0.4, 0.5) is 5.82 Å². The Bertz CT molecular complexity index is 419. The van der Waals surface area contributed by atoms with E-state index in [-0.39, 0.29) is 10.7 Å². The van der Waals surface area contributed by atoms with Crippen LogP contribution in [-0.4, -0.2) is 27.5 Å². The fourth-order valence-corrected chi connectivity index (χ4v) is 1.70. The number of nitrogens with one attached hydrogen (secondary N) is 1. The molecule has 1 N–H and O–H groups in total. The molecule has 0 saturated carbocycles. The largest absolute Gasteiger partial charge is 0.368 e. The molecule has 0 unspecified atom stereocenters. The molecule has 0 spiro atoms. The van der Waals surface area contributed by atoms with Crippen LogP contribution in [0.25, 0.3) is 0 Å². The molecule has 0 aliphatic heterocycles. The average molecular weight is 288 g/mol. The summed E-state index contributed by atoms with van der Waals surface area (Å²) in [5.74, 6) is 1.91. The van der Waals surface area contributed by atoms with Gasteiger partial charge in [-0.15, -0.1) is 0 Å². The Morgan fingerprint density at radius 2 is 1.94 bits per heavy atom. The summed E-state index contributed by atoms with van der Waals surface area (Å²) in [7, 11) is 0. The zero-order valence-electron chi connectivity index (χ0n) is 12.0. The highest BCUT2D eigenvalue weighted by Gasteiger charge is 2.18. The van der Waals surface area contributed by atoms with Crippen LogP contribution in [-0.2, 0) is 0 Å². The molecule has 0 fully saturated rings. The highest BCUT2D eigenvalue weighted by Crippen LogP contribution is 2.25. The van der Waals surface area contributed by atoms with Gasteiger partial charge in [0.25, 0.3) is 0 Å². The summed E-state index contributed by atoms with van der Waals surface area (Å²) < 4.78 is 0.169. The second-order valence-electron chi connectivity index (χ2n) is 5.32. The lowest BCUT2D eigenvalue weighted by Crippen LogP contribution is -2.26. The highest BCUT2D eigenvalue weighted by molar-refractivity contribution is 7.99. The van der Waals surface area contributed by atoms with E-state index in [0.717, 1.165) is 23.8 Å². The maximum Gasteiger partial charge on any atom is 0.137 e. The lowest BCUT2D eigenvalue weighted by Gasteiger charge is -2.23. The van der Waals surface area contributed by atoms with Crippen LogP contribution in [0, 0.1) is 6.92 Å². The van der Waals surface area contributed by atoms with Gasteiger partial charge in [-0.1, -0.05) is 25.4 Å². The van der Waals surface area contributed by atoms with Crippen molar-refractivity contribution in [3.63, 3.8) is 0 Å². The maximum atomic E-state index is 6.15. The molecule has 0 atom stereocenters. The van der Waals surface area contributed by atoms with Crippen LogP contribution in [0.1, 0.15) is 45.0 Å². The fourth-order valence-electron chi connectivity index (χ4n) is 1.30. The fraction of sp³-hybridized carbons (Fsp3) is 0.692. The average Bonchev–Trinajstić information content (AvgIpc) is 2.30. The molecule has 1 aromatic heterocycles. The van der Waals surface area contributed by atoms with E-state index in [1.165, 1.54) is 0 Å². The third-order valence-electron chi connectivity index (χ3n) is 2.85. The zero-order valence-corrected chi connectivity index (χ0v) is 13.5. The molecule has 1 heterocycles. The minimum absolute atomic E-state index is 0.169. The summed E-state index contributed by atoms with van der Waals surface area (Å²) in [6.45, 7) is 11.3. The predicted octanol–water partition coefficient (Wildman–Crippen LogP) is 4.12. The highest BCUT2D eigenvalue weighted by atomic mass is 35.5. The van der Waals surface area contributed by atoms with Gasteiger partial charge in [-0.25, -0.2) is 9.97 Å². The Hall–Kier alpha value is -0.480. The molecular formula is C13H22ClN3S. The number of halogens is 1. The molecule has 0 amide bonds. The molecular weight excluding hydrogens is 266 g/mol. The Morgan fingerprint density at radius 3 is 2.44 bits per heavy atom. The van der Waals surface area contributed by atoms with Crippen LogP contribution in [0.2, 0.25) is 5.15 Å². The first-order valence-electron chi connectivity index (χ1n) is 6.10. The van der Waals surface area contributed by atoms with Crippen molar-refractivity contribution in [1.29, 1.82) is 0 Å². The van der Waals surface area contributed by atoms with Crippen molar-refractivity contribution >= 4 is 29.2 Å². The molecule has 18 heavy (non-hydrogen) atoms. The van der Waals surface area contributed by atoms with Crippen LogP contribution < -0.4 is 5.32 Å². The first-order valence-corrected chi connectivity index (χ1v) is 7.70. The summed E-state index contributed by atoms with van der Waals surface area (Å²) in [5, 5.41) is 3.92. The van der Waals surface area contributed by atoms with Gasteiger partial charge in [-0.2, -0.15) is 11.8 Å². The molecule has 0 aromatic carbocycles. The lowest BCUT2D eigenvalue weighted by atomic mass is 10.2. The first kappa shape index (κ1) is 15.6. The summed E-state index contributed by atoms with van der Waals surface area (Å²) in [6, 6.07) is 0. The molecule has 0 aliphatic rings. The van der Waals surface area contributed by atoms with Gasteiger partial charge < -0.3 is 5.32 Å². The third kappa shape index (κ3) is 4.02. The summed E-state index contributed by atoms with van der Waals surface area (Å²) in [6.07, 6.45) is 2.11. The normalized spacial score (nSPS) is 12.0. The van der Waals surface area contributed by atoms with Crippen LogP contribution in [0.3, 0.4) is 0 Å². The number of anilines is 1. The van der Waals surface area contributed by atoms with Gasteiger partial charge in [0.2, 0.25) is 0 Å². The predicted molar refractivity (Wildman–Crippen MR) is 82.0 cm³/mol. The summed E-state index contributed by atoms with van der Waals surface area (Å²) in [4.78, 5) is 8.86. The Balaban J connectivity index is 2.94. The standard InChI is InChI=1S/C13H22ClN3S/c1-8(2)11-16-10(14)9(3)12(17-11)15-7-13(4,5)18-6/h8H,7H2,1-6H3,(H,15,16,17). The second-order valence-corrected chi connectivity index (χ2v) is 7.19. The number of hydrogen-bond acceptors (Lipinski definition) is 4. The minimum Gasteiger partial charge on any atom is -0.368 e.